The number of carbonyl (C=O) groups is 5. The van der Waals surface area contributed by atoms with Crippen molar-refractivity contribution in [2.24, 2.45) is 29.6 Å². The molecule has 2 saturated heterocycles. The molecule has 0 radical (unpaired) electrons. The summed E-state index contributed by atoms with van der Waals surface area (Å²) < 4.78 is 36.5. The number of carbonyl (C=O) groups excluding carboxylic acids is 5. The van der Waals surface area contributed by atoms with E-state index < -0.39 is 77.8 Å². The second-order valence-corrected chi connectivity index (χ2v) is 19.9. The Bertz CT molecular complexity index is 1930. The number of methoxy groups -OCH3 is 3. The predicted molar refractivity (Wildman–Crippen MR) is 252 cm³/mol. The van der Waals surface area contributed by atoms with Crippen LogP contribution in [0.4, 0.5) is 0 Å². The monoisotopic (exact) mass is 938 g/mol. The van der Waals surface area contributed by atoms with Crippen LogP contribution in [0.25, 0.3) is 0 Å². The summed E-state index contributed by atoms with van der Waals surface area (Å²) >= 11 is 0. The summed E-state index contributed by atoms with van der Waals surface area (Å²) in [7, 11) is 4.68. The molecule has 2 N–H and O–H groups in total. The van der Waals surface area contributed by atoms with E-state index in [1.165, 1.54) is 19.1 Å². The van der Waals surface area contributed by atoms with Crippen LogP contribution in [0.3, 0.4) is 0 Å². The molecule has 1 aromatic carbocycles. The number of hydrogen-bond acceptors (Lipinski definition) is 13. The van der Waals surface area contributed by atoms with Gasteiger partial charge in [-0.2, -0.15) is 0 Å². The van der Waals surface area contributed by atoms with E-state index in [9.17, 15) is 34.2 Å². The van der Waals surface area contributed by atoms with Crippen LogP contribution in [-0.2, 0) is 54.0 Å². The average Bonchev–Trinajstić information content (AvgIpc) is 3.32. The van der Waals surface area contributed by atoms with Crippen molar-refractivity contribution in [1.29, 1.82) is 0 Å². The van der Waals surface area contributed by atoms with Gasteiger partial charge < -0.3 is 43.5 Å². The Hall–Kier alpha value is -3.63. The van der Waals surface area contributed by atoms with E-state index in [4.69, 9.17) is 28.4 Å². The van der Waals surface area contributed by atoms with Crippen molar-refractivity contribution < 1.29 is 62.6 Å². The molecule has 4 aliphatic rings. The molecular weight excluding hydrogens is 859 g/mol. The van der Waals surface area contributed by atoms with E-state index in [0.717, 1.165) is 17.6 Å². The second-order valence-electron chi connectivity index (χ2n) is 19.9. The number of cyclic esters (lactones) is 1. The summed E-state index contributed by atoms with van der Waals surface area (Å²) in [5.74, 6) is -7.79. The molecule has 3 aliphatic heterocycles. The number of aliphatic hydroxyl groups excluding tert-OH is 1. The number of hydrogen-bond donors (Lipinski definition) is 2. The van der Waals surface area contributed by atoms with Gasteiger partial charge in [-0.05, 0) is 114 Å². The second kappa shape index (κ2) is 24.8. The van der Waals surface area contributed by atoms with E-state index in [-0.39, 0.29) is 68.0 Å². The van der Waals surface area contributed by atoms with Crippen LogP contribution in [0.2, 0.25) is 0 Å². The molecule has 1 aliphatic carbocycles. The smallest absolute Gasteiger partial charge is 0.329 e. The third-order valence-corrected chi connectivity index (χ3v) is 15.0. The van der Waals surface area contributed by atoms with Crippen molar-refractivity contribution in [3.05, 3.63) is 58.7 Å². The topological polar surface area (TPSA) is 184 Å². The number of aliphatic hydroxyl groups is 2. The number of Topliss-reactive ketones (excluding diaryl/α,β-unsaturated/α-hetero) is 3. The van der Waals surface area contributed by atoms with Crippen molar-refractivity contribution in [2.75, 3.05) is 34.5 Å². The predicted octanol–water partition coefficient (Wildman–Crippen LogP) is 6.94. The highest BCUT2D eigenvalue weighted by atomic mass is 16.7. The molecule has 2 bridgehead atoms. The number of ether oxygens (including phenoxy) is 6. The van der Waals surface area contributed by atoms with Crippen LogP contribution in [0, 0.1) is 29.6 Å². The zero-order chi connectivity index (χ0) is 49.2. The van der Waals surface area contributed by atoms with Crippen LogP contribution in [0.1, 0.15) is 135 Å². The van der Waals surface area contributed by atoms with Crippen molar-refractivity contribution >= 4 is 29.2 Å². The molecule has 0 spiro atoms. The molecule has 67 heavy (non-hydrogen) atoms. The Labute approximate surface area is 398 Å². The van der Waals surface area contributed by atoms with E-state index in [1.807, 2.05) is 58.0 Å². The Morgan fingerprint density at radius 1 is 0.910 bits per heavy atom. The number of piperidine rings is 1. The molecule has 1 amide bonds. The first-order chi connectivity index (χ1) is 31.9. The lowest BCUT2D eigenvalue weighted by Gasteiger charge is -2.47. The fourth-order valence-electron chi connectivity index (χ4n) is 10.8. The largest absolute Gasteiger partial charge is 0.456 e. The number of aryl methyl sites for hydroxylation is 1. The first-order valence-corrected chi connectivity index (χ1v) is 24.7. The summed E-state index contributed by atoms with van der Waals surface area (Å²) in [5, 5.41) is 24.0. The zero-order valence-corrected chi connectivity index (χ0v) is 41.7. The Morgan fingerprint density at radius 2 is 1.61 bits per heavy atom. The highest BCUT2D eigenvalue weighted by molar-refractivity contribution is 6.39. The van der Waals surface area contributed by atoms with E-state index in [1.54, 1.807) is 27.0 Å². The van der Waals surface area contributed by atoms with Gasteiger partial charge in [0, 0.05) is 57.6 Å². The normalized spacial score (nSPS) is 36.6. The number of amides is 1. The van der Waals surface area contributed by atoms with Gasteiger partial charge >= 0.3 is 5.97 Å². The molecule has 14 unspecified atom stereocenters. The Kier molecular flexibility index (Phi) is 20.1. The van der Waals surface area contributed by atoms with Crippen LogP contribution in [0.15, 0.2) is 47.6 Å². The quantitative estimate of drug-likeness (QED) is 0.101. The van der Waals surface area contributed by atoms with Gasteiger partial charge in [0.2, 0.25) is 5.79 Å². The SMILES string of the molecule is CCc1cccc(C(=O)COC2CCC(C=C(C)C3OC(=O)C4CCCCN4C(=O)C(=O)C4(O)OC(C(OC)CC(C)C/C(C)=C/C(CC)C(=O)CC(O)C3C)C(OC)CC4C)CC2OC)c1. The van der Waals surface area contributed by atoms with E-state index in [0.29, 0.717) is 62.5 Å². The van der Waals surface area contributed by atoms with E-state index in [2.05, 4.69) is 6.92 Å². The molecule has 1 saturated carbocycles. The maximum Gasteiger partial charge on any atom is 0.329 e. The fraction of sp³-hybridized carbons (Fsp3) is 0.717. The number of esters is 1. The number of ketones is 3. The molecule has 14 atom stereocenters. The van der Waals surface area contributed by atoms with Gasteiger partial charge in [0.05, 0.1) is 30.5 Å². The lowest BCUT2D eigenvalue weighted by Crippen LogP contribution is -2.64. The first kappa shape index (κ1) is 54.3. The lowest BCUT2D eigenvalue weighted by atomic mass is 9.81. The van der Waals surface area contributed by atoms with Gasteiger partial charge in [0.25, 0.3) is 11.7 Å². The zero-order valence-electron chi connectivity index (χ0n) is 41.7. The lowest BCUT2D eigenvalue weighted by molar-refractivity contribution is -0.302. The third-order valence-electron chi connectivity index (χ3n) is 15.0. The van der Waals surface area contributed by atoms with Crippen LogP contribution >= 0.6 is 0 Å². The van der Waals surface area contributed by atoms with Crippen LogP contribution in [0.5, 0.6) is 0 Å². The van der Waals surface area contributed by atoms with Gasteiger partial charge in [-0.15, -0.1) is 0 Å². The highest BCUT2D eigenvalue weighted by Crippen LogP contribution is 2.39. The number of benzene rings is 1. The number of rotatable bonds is 11. The van der Waals surface area contributed by atoms with Crippen molar-refractivity contribution in [3.63, 3.8) is 0 Å². The number of nitrogens with zero attached hydrogens (tertiary/aromatic N) is 1. The van der Waals surface area contributed by atoms with Crippen molar-refractivity contribution in [1.82, 2.24) is 4.90 Å². The number of allylic oxidation sites excluding steroid dienone is 3. The minimum atomic E-state index is -2.52. The van der Waals surface area contributed by atoms with Gasteiger partial charge in [0.15, 0.2) is 5.78 Å². The maximum atomic E-state index is 14.5. The van der Waals surface area contributed by atoms with E-state index >= 15 is 0 Å². The summed E-state index contributed by atoms with van der Waals surface area (Å²) in [5.41, 5.74) is 3.33. The van der Waals surface area contributed by atoms with Crippen molar-refractivity contribution in [2.45, 2.75) is 180 Å². The number of fused-ring (bicyclic) bond motifs is 3. The van der Waals surface area contributed by atoms with Gasteiger partial charge in [-0.1, -0.05) is 70.5 Å². The van der Waals surface area contributed by atoms with Crippen LogP contribution in [-0.4, -0.2) is 133 Å². The van der Waals surface area contributed by atoms with Gasteiger partial charge in [-0.3, -0.25) is 19.2 Å². The van der Waals surface area contributed by atoms with Crippen LogP contribution < -0.4 is 0 Å². The molecule has 0 aromatic heterocycles. The average molecular weight is 938 g/mol. The highest BCUT2D eigenvalue weighted by Gasteiger charge is 2.56. The molecule has 3 heterocycles. The Morgan fingerprint density at radius 3 is 2.28 bits per heavy atom. The molecule has 374 valence electrons. The van der Waals surface area contributed by atoms with Gasteiger partial charge in [-0.25, -0.2) is 4.79 Å². The van der Waals surface area contributed by atoms with Gasteiger partial charge in [0.1, 0.15) is 30.6 Å². The summed E-state index contributed by atoms with van der Waals surface area (Å²) in [6, 6.07) is 6.40. The minimum Gasteiger partial charge on any atom is -0.456 e. The maximum absolute atomic E-state index is 14.5. The standard InChI is InChI=1S/C53H79NO13/c1-11-36-16-15-17-39(27-36)43(57)30-65-44-20-19-37(28-45(44)62-8)25-33(5)48-35(7)41(55)29-42(56)38(12-2)23-31(3)22-32(4)24-46(63-9)49-47(64-10)26-34(6)53(61,67-49)50(58)51(59)54-21-14-13-18-40(54)52(60)66-48/h15-17,23,25,27,32,34-35,37-38,40-41,44-49,55,61H,11-14,18-22,24,26,28-30H2,1-10H3/b31-23+,33-25?. The minimum absolute atomic E-state index is 0.0203. The van der Waals surface area contributed by atoms with Crippen molar-refractivity contribution in [3.8, 4) is 0 Å². The first-order valence-electron chi connectivity index (χ1n) is 24.7. The summed E-state index contributed by atoms with van der Waals surface area (Å²) in [4.78, 5) is 71.5. The summed E-state index contributed by atoms with van der Waals surface area (Å²) in [6.07, 6.45) is 4.72. The molecule has 14 heteroatoms. The molecule has 3 fully saturated rings. The molecule has 5 rings (SSSR count). The Balaban J connectivity index is 1.44. The molecular formula is C53H79NO13. The fourth-order valence-corrected chi connectivity index (χ4v) is 10.8. The third kappa shape index (κ3) is 13.4. The molecule has 14 nitrogen and oxygen atoms in total. The molecule has 1 aromatic rings. The summed E-state index contributed by atoms with van der Waals surface area (Å²) in [6.45, 7) is 13.2.